The molecular weight excluding hydrogens is 354 g/mol. The summed E-state index contributed by atoms with van der Waals surface area (Å²) in [6, 6.07) is 12.3. The molecule has 1 heterocycles. The molecule has 1 aliphatic heterocycles. The van der Waals surface area contributed by atoms with Crippen LogP contribution in [0.4, 0.5) is 0 Å². The molecule has 0 aliphatic carbocycles. The van der Waals surface area contributed by atoms with Gasteiger partial charge in [0.2, 0.25) is 0 Å². The molecule has 0 saturated heterocycles. The van der Waals surface area contributed by atoms with Crippen LogP contribution in [0, 0.1) is 5.92 Å². The molecule has 5 heteroatoms. The third kappa shape index (κ3) is 3.75. The highest BCUT2D eigenvalue weighted by atomic mass is 16.5. The Kier molecular flexibility index (Phi) is 6.02. The Labute approximate surface area is 166 Å². The monoisotopic (exact) mass is 381 g/mol. The minimum atomic E-state index is -0.359. The molecule has 0 aromatic heterocycles. The maximum atomic E-state index is 13.0. The first-order chi connectivity index (χ1) is 13.5. The van der Waals surface area contributed by atoms with Crippen LogP contribution in [0.25, 0.3) is 0 Å². The lowest BCUT2D eigenvalue weighted by Crippen LogP contribution is -2.35. The molecule has 28 heavy (non-hydrogen) atoms. The number of ether oxygens (including phenoxy) is 2. The van der Waals surface area contributed by atoms with Gasteiger partial charge in [-0.25, -0.2) is 0 Å². The first-order valence-corrected chi connectivity index (χ1v) is 9.84. The van der Waals surface area contributed by atoms with Gasteiger partial charge in [0.05, 0.1) is 30.4 Å². The SMILES string of the molecule is CCOc1ccc([C@@H](CC(C)C)N2C(=O)c3ccccc3C2=O)cc1OCC. The van der Waals surface area contributed by atoms with Crippen LogP contribution in [0.1, 0.15) is 66.4 Å². The van der Waals surface area contributed by atoms with Crippen LogP contribution in [-0.4, -0.2) is 29.9 Å². The predicted molar refractivity (Wildman–Crippen MR) is 108 cm³/mol. The first-order valence-electron chi connectivity index (χ1n) is 9.84. The van der Waals surface area contributed by atoms with E-state index in [9.17, 15) is 9.59 Å². The number of imide groups is 1. The lowest BCUT2D eigenvalue weighted by atomic mass is 9.95. The van der Waals surface area contributed by atoms with E-state index in [0.29, 0.717) is 48.2 Å². The summed E-state index contributed by atoms with van der Waals surface area (Å²) in [6.45, 7) is 9.05. The van der Waals surface area contributed by atoms with Crippen molar-refractivity contribution in [2.24, 2.45) is 5.92 Å². The van der Waals surface area contributed by atoms with E-state index in [2.05, 4.69) is 13.8 Å². The fraction of sp³-hybridized carbons (Fsp3) is 0.391. The van der Waals surface area contributed by atoms with Gasteiger partial charge in [-0.15, -0.1) is 0 Å². The van der Waals surface area contributed by atoms with Gasteiger partial charge in [-0.1, -0.05) is 32.0 Å². The molecular formula is C23H27NO4. The van der Waals surface area contributed by atoms with Crippen LogP contribution >= 0.6 is 0 Å². The van der Waals surface area contributed by atoms with Gasteiger partial charge in [0.1, 0.15) is 0 Å². The molecule has 2 aromatic rings. The van der Waals surface area contributed by atoms with E-state index < -0.39 is 0 Å². The van der Waals surface area contributed by atoms with Gasteiger partial charge >= 0.3 is 0 Å². The average molecular weight is 381 g/mol. The summed E-state index contributed by atoms with van der Waals surface area (Å²) in [4.78, 5) is 27.5. The predicted octanol–water partition coefficient (Wildman–Crippen LogP) is 4.87. The Morgan fingerprint density at radius 2 is 1.43 bits per heavy atom. The van der Waals surface area contributed by atoms with E-state index in [4.69, 9.17) is 9.47 Å². The molecule has 2 aromatic carbocycles. The minimum Gasteiger partial charge on any atom is -0.490 e. The number of amides is 2. The van der Waals surface area contributed by atoms with Gasteiger partial charge in [-0.3, -0.25) is 14.5 Å². The highest BCUT2D eigenvalue weighted by Crippen LogP contribution is 2.38. The number of carbonyl (C=O) groups is 2. The van der Waals surface area contributed by atoms with Gasteiger partial charge in [0.15, 0.2) is 11.5 Å². The topological polar surface area (TPSA) is 55.8 Å². The van der Waals surface area contributed by atoms with E-state index in [1.165, 1.54) is 4.90 Å². The zero-order chi connectivity index (χ0) is 20.3. The van der Waals surface area contributed by atoms with E-state index in [1.807, 2.05) is 32.0 Å². The average Bonchev–Trinajstić information content (AvgIpc) is 2.93. The molecule has 0 fully saturated rings. The van der Waals surface area contributed by atoms with Crippen molar-refractivity contribution < 1.29 is 19.1 Å². The second-order valence-electron chi connectivity index (χ2n) is 7.24. The highest BCUT2D eigenvalue weighted by Gasteiger charge is 2.40. The number of nitrogens with zero attached hydrogens (tertiary/aromatic N) is 1. The number of rotatable bonds is 8. The normalized spacial score (nSPS) is 14.4. The molecule has 0 radical (unpaired) electrons. The number of fused-ring (bicyclic) bond motifs is 1. The summed E-state index contributed by atoms with van der Waals surface area (Å²) in [5.74, 6) is 1.12. The van der Waals surface area contributed by atoms with Crippen molar-refractivity contribution in [3.05, 3.63) is 59.2 Å². The van der Waals surface area contributed by atoms with Gasteiger partial charge in [0, 0.05) is 0 Å². The summed E-state index contributed by atoms with van der Waals surface area (Å²) in [5.41, 5.74) is 1.81. The standard InChI is InChI=1S/C23H27NO4/c1-5-27-20-12-11-16(14-21(20)28-6-2)19(13-15(3)4)24-22(25)17-9-7-8-10-18(17)23(24)26/h7-12,14-15,19H,5-6,13H2,1-4H3/t19-/m1/s1. The Morgan fingerprint density at radius 1 is 0.857 bits per heavy atom. The molecule has 0 saturated carbocycles. The highest BCUT2D eigenvalue weighted by molar-refractivity contribution is 6.21. The van der Waals surface area contributed by atoms with Gasteiger partial charge < -0.3 is 9.47 Å². The Morgan fingerprint density at radius 3 is 1.96 bits per heavy atom. The molecule has 5 nitrogen and oxygen atoms in total. The molecule has 1 aliphatic rings. The van der Waals surface area contributed by atoms with Crippen LogP contribution < -0.4 is 9.47 Å². The number of carbonyl (C=O) groups excluding carboxylic acids is 2. The van der Waals surface area contributed by atoms with Gasteiger partial charge in [-0.2, -0.15) is 0 Å². The zero-order valence-electron chi connectivity index (χ0n) is 16.9. The van der Waals surface area contributed by atoms with Crippen LogP contribution in [0.2, 0.25) is 0 Å². The number of hydrogen-bond donors (Lipinski definition) is 0. The smallest absolute Gasteiger partial charge is 0.262 e. The fourth-order valence-electron chi connectivity index (χ4n) is 3.60. The molecule has 1 atom stereocenters. The van der Waals surface area contributed by atoms with Crippen molar-refractivity contribution in [1.29, 1.82) is 0 Å². The van der Waals surface area contributed by atoms with Gasteiger partial charge in [0.25, 0.3) is 11.8 Å². The number of benzene rings is 2. The summed E-state index contributed by atoms with van der Waals surface area (Å²) in [6.07, 6.45) is 0.672. The molecule has 2 amide bonds. The zero-order valence-corrected chi connectivity index (χ0v) is 16.9. The summed E-state index contributed by atoms with van der Waals surface area (Å²) >= 11 is 0. The van der Waals surface area contributed by atoms with Crippen LogP contribution in [0.5, 0.6) is 11.5 Å². The summed E-state index contributed by atoms with van der Waals surface area (Å²) < 4.78 is 11.4. The lowest BCUT2D eigenvalue weighted by Gasteiger charge is -2.29. The lowest BCUT2D eigenvalue weighted by molar-refractivity contribution is 0.0563. The van der Waals surface area contributed by atoms with Crippen molar-refractivity contribution in [3.63, 3.8) is 0 Å². The van der Waals surface area contributed by atoms with Crippen molar-refractivity contribution >= 4 is 11.8 Å². The third-order valence-corrected chi connectivity index (χ3v) is 4.78. The fourth-order valence-corrected chi connectivity index (χ4v) is 3.60. The van der Waals surface area contributed by atoms with Gasteiger partial charge in [-0.05, 0) is 56.0 Å². The molecule has 0 spiro atoms. The van der Waals surface area contributed by atoms with Crippen molar-refractivity contribution in [2.75, 3.05) is 13.2 Å². The first kappa shape index (κ1) is 19.9. The van der Waals surface area contributed by atoms with E-state index in [-0.39, 0.29) is 17.9 Å². The molecule has 0 unspecified atom stereocenters. The van der Waals surface area contributed by atoms with E-state index in [0.717, 1.165) is 5.56 Å². The molecule has 0 bridgehead atoms. The van der Waals surface area contributed by atoms with Crippen molar-refractivity contribution in [3.8, 4) is 11.5 Å². The third-order valence-electron chi connectivity index (χ3n) is 4.78. The maximum Gasteiger partial charge on any atom is 0.262 e. The van der Waals surface area contributed by atoms with Crippen molar-refractivity contribution in [1.82, 2.24) is 4.90 Å². The quantitative estimate of drug-likeness (QED) is 0.612. The Hall–Kier alpha value is -2.82. The molecule has 148 valence electrons. The minimum absolute atomic E-state index is 0.238. The second kappa shape index (κ2) is 8.46. The van der Waals surface area contributed by atoms with E-state index >= 15 is 0 Å². The Balaban J connectivity index is 2.03. The van der Waals surface area contributed by atoms with Crippen LogP contribution in [0.3, 0.4) is 0 Å². The van der Waals surface area contributed by atoms with Crippen LogP contribution in [0.15, 0.2) is 42.5 Å². The molecule has 3 rings (SSSR count). The van der Waals surface area contributed by atoms with Crippen LogP contribution in [-0.2, 0) is 0 Å². The summed E-state index contributed by atoms with van der Waals surface area (Å²) in [5, 5.41) is 0. The maximum absolute atomic E-state index is 13.0. The van der Waals surface area contributed by atoms with E-state index in [1.54, 1.807) is 24.3 Å². The summed E-state index contributed by atoms with van der Waals surface area (Å²) in [7, 11) is 0. The van der Waals surface area contributed by atoms with Crippen molar-refractivity contribution in [2.45, 2.75) is 40.2 Å². The molecule has 0 N–H and O–H groups in total. The largest absolute Gasteiger partial charge is 0.490 e. The number of hydrogen-bond acceptors (Lipinski definition) is 4. The Bertz CT molecular complexity index is 840. The second-order valence-corrected chi connectivity index (χ2v) is 7.24.